The summed E-state index contributed by atoms with van der Waals surface area (Å²) in [5, 5.41) is 7.94. The smallest absolute Gasteiger partial charge is 0.227 e. The number of nitrogens with zero attached hydrogens (tertiary/aromatic N) is 3. The molecule has 0 N–H and O–H groups in total. The third-order valence-electron chi connectivity index (χ3n) is 4.73. The first kappa shape index (κ1) is 16.2. The van der Waals surface area contributed by atoms with E-state index in [9.17, 15) is 4.79 Å². The summed E-state index contributed by atoms with van der Waals surface area (Å²) in [7, 11) is 1.92. The first-order valence-corrected chi connectivity index (χ1v) is 9.18. The van der Waals surface area contributed by atoms with Gasteiger partial charge in [0.25, 0.3) is 0 Å². The normalized spacial score (nSPS) is 21.3. The van der Waals surface area contributed by atoms with Gasteiger partial charge in [0, 0.05) is 36.9 Å². The molecular formula is C17H23N3O2S. The molecule has 0 radical (unpaired) electrons. The van der Waals surface area contributed by atoms with E-state index in [0.717, 1.165) is 24.3 Å². The van der Waals surface area contributed by atoms with E-state index < -0.39 is 0 Å². The third kappa shape index (κ3) is 3.99. The van der Waals surface area contributed by atoms with Gasteiger partial charge in [-0.05, 0) is 43.0 Å². The Kier molecular flexibility index (Phi) is 5.10. The van der Waals surface area contributed by atoms with Gasteiger partial charge in [-0.2, -0.15) is 16.3 Å². The number of rotatable bonds is 5. The molecule has 0 aromatic carbocycles. The number of carbonyl (C=O) groups is 1. The minimum absolute atomic E-state index is 0.167. The average Bonchev–Trinajstić information content (AvgIpc) is 3.23. The van der Waals surface area contributed by atoms with Crippen molar-refractivity contribution in [3.63, 3.8) is 0 Å². The SMILES string of the molecule is CC1CCC(N(C)C(=O)CCc2nc(-c3ccsc3)no2)CC1. The number of hydrogen-bond acceptors (Lipinski definition) is 5. The van der Waals surface area contributed by atoms with Gasteiger partial charge in [-0.1, -0.05) is 12.1 Å². The van der Waals surface area contributed by atoms with Crippen molar-refractivity contribution in [2.75, 3.05) is 7.05 Å². The minimum atomic E-state index is 0.167. The lowest BCUT2D eigenvalue weighted by Crippen LogP contribution is -2.39. The Morgan fingerprint density at radius 1 is 1.39 bits per heavy atom. The van der Waals surface area contributed by atoms with E-state index in [1.54, 1.807) is 11.3 Å². The molecule has 0 saturated heterocycles. The van der Waals surface area contributed by atoms with Crippen LogP contribution in [0.1, 0.15) is 44.9 Å². The first-order valence-electron chi connectivity index (χ1n) is 8.24. The zero-order valence-corrected chi connectivity index (χ0v) is 14.5. The fourth-order valence-corrected chi connectivity index (χ4v) is 3.72. The van der Waals surface area contributed by atoms with E-state index in [0.29, 0.717) is 30.6 Å². The fraction of sp³-hybridized carbons (Fsp3) is 0.588. The fourth-order valence-electron chi connectivity index (χ4n) is 3.09. The van der Waals surface area contributed by atoms with Crippen LogP contribution in [0.5, 0.6) is 0 Å². The summed E-state index contributed by atoms with van der Waals surface area (Å²) < 4.78 is 5.25. The van der Waals surface area contributed by atoms with Crippen LogP contribution in [0.4, 0.5) is 0 Å². The van der Waals surface area contributed by atoms with E-state index in [2.05, 4.69) is 17.1 Å². The quantitative estimate of drug-likeness (QED) is 0.836. The molecule has 0 bridgehead atoms. The first-order chi connectivity index (χ1) is 11.1. The largest absolute Gasteiger partial charge is 0.343 e. The Balaban J connectivity index is 1.51. The van der Waals surface area contributed by atoms with Gasteiger partial charge in [0.05, 0.1) is 0 Å². The summed E-state index contributed by atoms with van der Waals surface area (Å²) in [5.41, 5.74) is 0.963. The van der Waals surface area contributed by atoms with Crippen LogP contribution in [0, 0.1) is 5.92 Å². The highest BCUT2D eigenvalue weighted by Crippen LogP contribution is 2.27. The Morgan fingerprint density at radius 2 is 2.17 bits per heavy atom. The van der Waals surface area contributed by atoms with Crippen LogP contribution < -0.4 is 0 Å². The second kappa shape index (κ2) is 7.25. The molecule has 0 atom stereocenters. The second-order valence-electron chi connectivity index (χ2n) is 6.44. The van der Waals surface area contributed by atoms with Crippen molar-refractivity contribution in [1.82, 2.24) is 15.0 Å². The van der Waals surface area contributed by atoms with Gasteiger partial charge < -0.3 is 9.42 Å². The standard InChI is InChI=1S/C17H23N3O2S/c1-12-3-5-14(6-4-12)20(2)16(21)8-7-15-18-17(19-22-15)13-9-10-23-11-13/h9-12,14H,3-8H2,1-2H3. The van der Waals surface area contributed by atoms with E-state index in [-0.39, 0.29) is 5.91 Å². The van der Waals surface area contributed by atoms with Gasteiger partial charge in [0.2, 0.25) is 17.6 Å². The Bertz CT molecular complexity index is 630. The molecule has 0 spiro atoms. The monoisotopic (exact) mass is 333 g/mol. The third-order valence-corrected chi connectivity index (χ3v) is 5.41. The molecule has 0 unspecified atom stereocenters. The van der Waals surface area contributed by atoms with Gasteiger partial charge in [-0.15, -0.1) is 0 Å². The Morgan fingerprint density at radius 3 is 2.87 bits per heavy atom. The highest BCUT2D eigenvalue weighted by Gasteiger charge is 2.24. The Labute approximate surface area is 140 Å². The lowest BCUT2D eigenvalue weighted by Gasteiger charge is -2.33. The van der Waals surface area contributed by atoms with E-state index in [4.69, 9.17) is 4.52 Å². The molecule has 5 nitrogen and oxygen atoms in total. The number of amides is 1. The molecular weight excluding hydrogens is 310 g/mol. The molecule has 2 aromatic heterocycles. The predicted molar refractivity (Wildman–Crippen MR) is 90.1 cm³/mol. The number of aryl methyl sites for hydroxylation is 1. The maximum atomic E-state index is 12.4. The van der Waals surface area contributed by atoms with Crippen LogP contribution in [0.25, 0.3) is 11.4 Å². The van der Waals surface area contributed by atoms with Gasteiger partial charge in [0.15, 0.2) is 0 Å². The molecule has 1 aliphatic carbocycles. The number of hydrogen-bond donors (Lipinski definition) is 0. The molecule has 0 aliphatic heterocycles. The van der Waals surface area contributed by atoms with Crippen molar-refractivity contribution < 1.29 is 9.32 Å². The van der Waals surface area contributed by atoms with E-state index >= 15 is 0 Å². The summed E-state index contributed by atoms with van der Waals surface area (Å²) in [5.74, 6) is 2.09. The van der Waals surface area contributed by atoms with Crippen LogP contribution in [-0.4, -0.2) is 34.0 Å². The molecule has 6 heteroatoms. The molecule has 3 rings (SSSR count). The summed E-state index contributed by atoms with van der Waals surface area (Å²) >= 11 is 1.60. The lowest BCUT2D eigenvalue weighted by atomic mass is 9.86. The molecule has 23 heavy (non-hydrogen) atoms. The number of aromatic nitrogens is 2. The zero-order valence-electron chi connectivity index (χ0n) is 13.7. The highest BCUT2D eigenvalue weighted by molar-refractivity contribution is 7.08. The predicted octanol–water partition coefficient (Wildman–Crippen LogP) is 3.77. The molecule has 2 aromatic rings. The van der Waals surface area contributed by atoms with E-state index in [1.165, 1.54) is 12.8 Å². The summed E-state index contributed by atoms with van der Waals surface area (Å²) in [4.78, 5) is 18.7. The topological polar surface area (TPSA) is 59.2 Å². The van der Waals surface area contributed by atoms with Crippen molar-refractivity contribution in [2.24, 2.45) is 5.92 Å². The van der Waals surface area contributed by atoms with Crippen LogP contribution >= 0.6 is 11.3 Å². The second-order valence-corrected chi connectivity index (χ2v) is 7.22. The zero-order chi connectivity index (χ0) is 16.2. The van der Waals surface area contributed by atoms with Crippen LogP contribution in [0.3, 0.4) is 0 Å². The summed E-state index contributed by atoms with van der Waals surface area (Å²) in [6.07, 6.45) is 5.60. The van der Waals surface area contributed by atoms with Crippen LogP contribution in [0.2, 0.25) is 0 Å². The van der Waals surface area contributed by atoms with Crippen molar-refractivity contribution in [2.45, 2.75) is 51.5 Å². The molecule has 1 aliphatic rings. The van der Waals surface area contributed by atoms with Crippen molar-refractivity contribution in [1.29, 1.82) is 0 Å². The van der Waals surface area contributed by atoms with E-state index in [1.807, 2.05) is 28.8 Å². The van der Waals surface area contributed by atoms with Crippen molar-refractivity contribution in [3.05, 3.63) is 22.7 Å². The van der Waals surface area contributed by atoms with Gasteiger partial charge in [-0.3, -0.25) is 4.79 Å². The highest BCUT2D eigenvalue weighted by atomic mass is 32.1. The number of carbonyl (C=O) groups excluding carboxylic acids is 1. The average molecular weight is 333 g/mol. The molecule has 1 amide bonds. The summed E-state index contributed by atoms with van der Waals surface area (Å²) in [6, 6.07) is 2.35. The van der Waals surface area contributed by atoms with Gasteiger partial charge in [0.1, 0.15) is 0 Å². The van der Waals surface area contributed by atoms with Crippen molar-refractivity contribution >= 4 is 17.2 Å². The molecule has 2 heterocycles. The lowest BCUT2D eigenvalue weighted by molar-refractivity contribution is -0.132. The molecule has 1 fully saturated rings. The maximum Gasteiger partial charge on any atom is 0.227 e. The maximum absolute atomic E-state index is 12.4. The Hall–Kier alpha value is -1.69. The van der Waals surface area contributed by atoms with Crippen LogP contribution in [-0.2, 0) is 11.2 Å². The van der Waals surface area contributed by atoms with Gasteiger partial charge >= 0.3 is 0 Å². The van der Waals surface area contributed by atoms with Crippen molar-refractivity contribution in [3.8, 4) is 11.4 Å². The number of thiophene rings is 1. The summed E-state index contributed by atoms with van der Waals surface area (Å²) in [6.45, 7) is 2.29. The molecule has 1 saturated carbocycles. The molecule has 124 valence electrons. The van der Waals surface area contributed by atoms with Crippen LogP contribution in [0.15, 0.2) is 21.3 Å². The minimum Gasteiger partial charge on any atom is -0.343 e. The van der Waals surface area contributed by atoms with Gasteiger partial charge in [-0.25, -0.2) is 0 Å².